The van der Waals surface area contributed by atoms with Crippen molar-refractivity contribution in [1.82, 2.24) is 0 Å². The van der Waals surface area contributed by atoms with E-state index in [0.29, 0.717) is 0 Å². The van der Waals surface area contributed by atoms with Crippen LogP contribution in [-0.4, -0.2) is 30.3 Å². The summed E-state index contributed by atoms with van der Waals surface area (Å²) in [5, 5.41) is 8.06. The van der Waals surface area contributed by atoms with Crippen LogP contribution in [0, 0.1) is 0 Å². The second kappa shape index (κ2) is 5.43. The Hall–Kier alpha value is -1.36. The summed E-state index contributed by atoms with van der Waals surface area (Å²) in [6.45, 7) is 2.24. The van der Waals surface area contributed by atoms with Crippen LogP contribution in [0.1, 0.15) is 0 Å². The smallest absolute Gasteiger partial charge is 0.336 e. The number of aliphatic carboxylic acids is 1. The lowest BCUT2D eigenvalue weighted by atomic mass is 10.7. The normalized spacial score (nSPS) is 8.73. The van der Waals surface area contributed by atoms with E-state index in [0.717, 1.165) is 6.26 Å². The molecule has 5 heteroatoms. The second-order valence-electron chi connectivity index (χ2n) is 1.54. The first-order chi connectivity index (χ1) is 5.16. The summed E-state index contributed by atoms with van der Waals surface area (Å²) in [5.41, 5.74) is 0. The molecular weight excluding hydrogens is 152 g/mol. The third kappa shape index (κ3) is 6.53. The Morgan fingerprint density at radius 1 is 1.45 bits per heavy atom. The molecule has 0 rings (SSSR count). The second-order valence-corrected chi connectivity index (χ2v) is 1.54. The molecule has 0 aliphatic carbocycles. The number of hydrogen-bond acceptors (Lipinski definition) is 4. The Kier molecular flexibility index (Phi) is 4.76. The highest BCUT2D eigenvalue weighted by atomic mass is 16.6. The maximum Gasteiger partial charge on any atom is 0.336 e. The lowest BCUT2D eigenvalue weighted by Crippen LogP contribution is -2.14. The molecule has 0 bridgehead atoms. The van der Waals surface area contributed by atoms with Crippen molar-refractivity contribution in [3.05, 3.63) is 12.8 Å². The van der Waals surface area contributed by atoms with E-state index in [9.17, 15) is 9.59 Å². The average molecular weight is 160 g/mol. The van der Waals surface area contributed by atoms with Crippen molar-refractivity contribution in [2.75, 3.05) is 13.2 Å². The third-order valence-electron chi connectivity index (χ3n) is 0.660. The maximum absolute atomic E-state index is 10.4. The Balaban J connectivity index is 3.31. The molecule has 1 N–H and O–H groups in total. The van der Waals surface area contributed by atoms with Crippen LogP contribution in [0.4, 0.5) is 0 Å². The van der Waals surface area contributed by atoms with Crippen molar-refractivity contribution in [3.8, 4) is 0 Å². The fraction of sp³-hybridized carbons (Fsp3) is 0.333. The first-order valence-electron chi connectivity index (χ1n) is 2.76. The fourth-order valence-corrected chi connectivity index (χ4v) is 0.349. The number of carbonyl (C=O) groups is 2. The van der Waals surface area contributed by atoms with Gasteiger partial charge in [0.1, 0.15) is 13.2 Å². The Labute approximate surface area is 63.2 Å². The van der Waals surface area contributed by atoms with Crippen LogP contribution in [0.2, 0.25) is 0 Å². The SMILES string of the molecule is C=COC(=O)COCC(=O)O. The van der Waals surface area contributed by atoms with Crippen molar-refractivity contribution in [2.45, 2.75) is 0 Å². The van der Waals surface area contributed by atoms with E-state index in [1.54, 1.807) is 0 Å². The molecule has 0 fully saturated rings. The maximum atomic E-state index is 10.4. The predicted octanol–water partition coefficient (Wildman–Crippen LogP) is -0.226. The number of hydrogen-bond donors (Lipinski definition) is 1. The molecule has 62 valence electrons. The zero-order chi connectivity index (χ0) is 8.69. The summed E-state index contributed by atoms with van der Waals surface area (Å²) < 4.78 is 8.62. The molecule has 0 heterocycles. The van der Waals surface area contributed by atoms with Gasteiger partial charge in [0.2, 0.25) is 0 Å². The van der Waals surface area contributed by atoms with Crippen molar-refractivity contribution in [3.63, 3.8) is 0 Å². The molecular formula is C6H8O5. The van der Waals surface area contributed by atoms with E-state index in [1.165, 1.54) is 0 Å². The van der Waals surface area contributed by atoms with Gasteiger partial charge >= 0.3 is 11.9 Å². The van der Waals surface area contributed by atoms with E-state index in [4.69, 9.17) is 5.11 Å². The summed E-state index contributed by atoms with van der Waals surface area (Å²) in [6.07, 6.45) is 0.951. The third-order valence-corrected chi connectivity index (χ3v) is 0.660. The molecule has 0 atom stereocenters. The van der Waals surface area contributed by atoms with Gasteiger partial charge in [0.15, 0.2) is 0 Å². The molecule has 0 aliphatic rings. The van der Waals surface area contributed by atoms with E-state index >= 15 is 0 Å². The Morgan fingerprint density at radius 3 is 2.55 bits per heavy atom. The zero-order valence-corrected chi connectivity index (χ0v) is 5.78. The van der Waals surface area contributed by atoms with Gasteiger partial charge in [-0.05, 0) is 0 Å². The van der Waals surface area contributed by atoms with Gasteiger partial charge in [0, 0.05) is 0 Å². The van der Waals surface area contributed by atoms with Gasteiger partial charge in [0.25, 0.3) is 0 Å². The molecule has 0 aliphatic heterocycles. The van der Waals surface area contributed by atoms with Gasteiger partial charge in [-0.15, -0.1) is 0 Å². The van der Waals surface area contributed by atoms with Gasteiger partial charge in [-0.2, -0.15) is 0 Å². The molecule has 0 aromatic carbocycles. The number of esters is 1. The molecule has 0 saturated heterocycles. The van der Waals surface area contributed by atoms with E-state index < -0.39 is 18.5 Å². The monoisotopic (exact) mass is 160 g/mol. The topological polar surface area (TPSA) is 72.8 Å². The summed E-state index contributed by atoms with van der Waals surface area (Å²) in [7, 11) is 0. The van der Waals surface area contributed by atoms with Crippen LogP contribution >= 0.6 is 0 Å². The van der Waals surface area contributed by atoms with Gasteiger partial charge in [-0.25, -0.2) is 9.59 Å². The minimum atomic E-state index is -1.13. The van der Waals surface area contributed by atoms with E-state index in [-0.39, 0.29) is 6.61 Å². The quantitative estimate of drug-likeness (QED) is 0.444. The van der Waals surface area contributed by atoms with Gasteiger partial charge in [0.05, 0.1) is 6.26 Å². The molecule has 0 radical (unpaired) electrons. The standard InChI is InChI=1S/C6H8O5/c1-2-11-6(9)4-10-3-5(7)8/h2H,1,3-4H2,(H,7,8). The van der Waals surface area contributed by atoms with Crippen molar-refractivity contribution in [2.24, 2.45) is 0 Å². The fourth-order valence-electron chi connectivity index (χ4n) is 0.349. The summed E-state index contributed by atoms with van der Waals surface area (Å²) in [4.78, 5) is 20.3. The molecule has 0 aromatic rings. The van der Waals surface area contributed by atoms with E-state index in [2.05, 4.69) is 16.1 Å². The molecule has 0 spiro atoms. The number of carboxylic acids is 1. The number of carboxylic acid groups (broad SMARTS) is 1. The molecule has 11 heavy (non-hydrogen) atoms. The highest BCUT2D eigenvalue weighted by Crippen LogP contribution is 1.81. The van der Waals surface area contributed by atoms with E-state index in [1.807, 2.05) is 0 Å². The highest BCUT2D eigenvalue weighted by Gasteiger charge is 2.02. The predicted molar refractivity (Wildman–Crippen MR) is 34.7 cm³/mol. The van der Waals surface area contributed by atoms with Crippen LogP contribution in [-0.2, 0) is 19.1 Å². The first kappa shape index (κ1) is 9.64. The number of rotatable bonds is 5. The van der Waals surface area contributed by atoms with Crippen LogP contribution in [0.5, 0.6) is 0 Å². The summed E-state index contributed by atoms with van der Waals surface area (Å²) >= 11 is 0. The lowest BCUT2D eigenvalue weighted by molar-refractivity contribution is -0.148. The number of ether oxygens (including phenoxy) is 2. The van der Waals surface area contributed by atoms with Crippen LogP contribution in [0.25, 0.3) is 0 Å². The molecule has 0 unspecified atom stereocenters. The Bertz CT molecular complexity index is 162. The van der Waals surface area contributed by atoms with Gasteiger partial charge < -0.3 is 14.6 Å². The van der Waals surface area contributed by atoms with Crippen molar-refractivity contribution >= 4 is 11.9 Å². The minimum Gasteiger partial charge on any atom is -0.480 e. The zero-order valence-electron chi connectivity index (χ0n) is 5.78. The van der Waals surface area contributed by atoms with Crippen molar-refractivity contribution < 1.29 is 24.2 Å². The van der Waals surface area contributed by atoms with Crippen molar-refractivity contribution in [1.29, 1.82) is 0 Å². The van der Waals surface area contributed by atoms with Gasteiger partial charge in [-0.3, -0.25) is 0 Å². The first-order valence-corrected chi connectivity index (χ1v) is 2.76. The largest absolute Gasteiger partial charge is 0.480 e. The van der Waals surface area contributed by atoms with Crippen LogP contribution < -0.4 is 0 Å². The number of carbonyl (C=O) groups excluding carboxylic acids is 1. The summed E-state index contributed by atoms with van der Waals surface area (Å²) in [6, 6.07) is 0. The highest BCUT2D eigenvalue weighted by molar-refractivity contribution is 5.72. The lowest BCUT2D eigenvalue weighted by Gasteiger charge is -1.97. The molecule has 0 aromatic heterocycles. The summed E-state index contributed by atoms with van der Waals surface area (Å²) in [5.74, 6) is -1.79. The average Bonchev–Trinajstić information content (AvgIpc) is 1.87. The molecule has 0 saturated carbocycles. The van der Waals surface area contributed by atoms with Crippen LogP contribution in [0.15, 0.2) is 12.8 Å². The molecule has 5 nitrogen and oxygen atoms in total. The van der Waals surface area contributed by atoms with Gasteiger partial charge in [-0.1, -0.05) is 6.58 Å². The van der Waals surface area contributed by atoms with Crippen LogP contribution in [0.3, 0.4) is 0 Å². The molecule has 0 amide bonds. The minimum absolute atomic E-state index is 0.377. The Morgan fingerprint density at radius 2 is 2.09 bits per heavy atom.